The van der Waals surface area contributed by atoms with E-state index < -0.39 is 11.5 Å². The Balaban J connectivity index is 1.18. The molecule has 0 saturated carbocycles. The zero-order valence-corrected chi connectivity index (χ0v) is 32.6. The van der Waals surface area contributed by atoms with Crippen molar-refractivity contribution in [1.82, 2.24) is 0 Å². The summed E-state index contributed by atoms with van der Waals surface area (Å²) in [7, 11) is 0. The highest BCUT2D eigenvalue weighted by Crippen LogP contribution is 2.65. The minimum absolute atomic E-state index is 0.536. The molecule has 2 aliphatic rings. The summed E-state index contributed by atoms with van der Waals surface area (Å²) in [5, 5.41) is 18.3. The van der Waals surface area contributed by atoms with Crippen molar-refractivity contribution in [2.24, 2.45) is 0 Å². The van der Waals surface area contributed by atoms with Crippen LogP contribution in [0.2, 0.25) is 0 Å². The Labute approximate surface area is 343 Å². The molecule has 0 aromatic heterocycles. The van der Waals surface area contributed by atoms with Crippen LogP contribution in [0.25, 0.3) is 65.7 Å². The lowest BCUT2D eigenvalue weighted by atomic mass is 9.70. The summed E-state index contributed by atoms with van der Waals surface area (Å²) in [6, 6.07) is 75.7. The number of benzene rings is 10. The van der Waals surface area contributed by atoms with E-state index >= 15 is 0 Å². The van der Waals surface area contributed by atoms with Crippen molar-refractivity contribution in [3.8, 4) is 33.4 Å². The molecule has 278 valence electrons. The topological polar surface area (TPSA) is 23.5 Å². The van der Waals surface area contributed by atoms with Crippen molar-refractivity contribution in [2.45, 2.75) is 18.4 Å². The van der Waals surface area contributed by atoms with E-state index in [2.05, 4.69) is 205 Å². The Bertz CT molecular complexity index is 3270. The minimum atomic E-state index is -0.611. The van der Waals surface area contributed by atoms with E-state index in [0.29, 0.717) is 0 Å². The Morgan fingerprint density at radius 2 is 0.966 bits per heavy atom. The largest absolute Gasteiger partial charge is 0.389 e. The van der Waals surface area contributed by atoms with Gasteiger partial charge < -0.3 is 10.0 Å². The number of nitrogens with zero attached hydrogens (tertiary/aromatic N) is 1. The van der Waals surface area contributed by atoms with Crippen LogP contribution >= 0.6 is 0 Å². The van der Waals surface area contributed by atoms with E-state index in [-0.39, 0.29) is 0 Å². The molecule has 10 aromatic carbocycles. The van der Waals surface area contributed by atoms with Crippen molar-refractivity contribution in [3.05, 3.63) is 234 Å². The van der Waals surface area contributed by atoms with E-state index in [4.69, 9.17) is 0 Å². The lowest BCUT2D eigenvalue weighted by Crippen LogP contribution is -2.26. The Morgan fingerprint density at radius 1 is 0.407 bits per heavy atom. The van der Waals surface area contributed by atoms with Crippen LogP contribution in [0.3, 0.4) is 0 Å². The number of rotatable bonds is 5. The molecule has 1 atom stereocenters. The van der Waals surface area contributed by atoms with Crippen LogP contribution in [-0.2, 0) is 5.41 Å². The molecular weight excluding hydrogens is 715 g/mol. The maximum Gasteiger partial charge on any atom is 0.0762 e. The van der Waals surface area contributed by atoms with Crippen LogP contribution in [0.15, 0.2) is 206 Å². The lowest BCUT2D eigenvalue weighted by molar-refractivity contribution is 0.199. The predicted molar refractivity (Wildman–Crippen MR) is 246 cm³/mol. The first-order valence-electron chi connectivity index (χ1n) is 20.6. The van der Waals surface area contributed by atoms with Crippen molar-refractivity contribution >= 4 is 49.4 Å². The van der Waals surface area contributed by atoms with Gasteiger partial charge in [0.1, 0.15) is 0 Å². The molecule has 1 unspecified atom stereocenters. The first kappa shape index (κ1) is 33.8. The molecule has 1 N–H and O–H groups in total. The number of fused-ring (bicyclic) bond motifs is 15. The van der Waals surface area contributed by atoms with E-state index in [1.165, 1.54) is 88.0 Å². The van der Waals surface area contributed by atoms with E-state index in [0.717, 1.165) is 22.6 Å². The zero-order chi connectivity index (χ0) is 39.2. The molecule has 0 saturated heterocycles. The van der Waals surface area contributed by atoms with Gasteiger partial charge in [0.25, 0.3) is 0 Å². The molecule has 2 heteroatoms. The first-order chi connectivity index (χ1) is 29.1. The highest BCUT2D eigenvalue weighted by molar-refractivity contribution is 6.17. The van der Waals surface area contributed by atoms with Gasteiger partial charge in [0.05, 0.1) is 17.2 Å². The Morgan fingerprint density at radius 3 is 1.69 bits per heavy atom. The van der Waals surface area contributed by atoms with Gasteiger partial charge in [-0.1, -0.05) is 176 Å². The maximum absolute atomic E-state index is 10.9. The quantitative estimate of drug-likeness (QED) is 0.189. The molecule has 10 aromatic rings. The van der Waals surface area contributed by atoms with Gasteiger partial charge in [-0.3, -0.25) is 0 Å². The van der Waals surface area contributed by atoms with Gasteiger partial charge in [-0.05, 0) is 125 Å². The van der Waals surface area contributed by atoms with Crippen LogP contribution < -0.4 is 4.90 Å². The van der Waals surface area contributed by atoms with E-state index in [1.54, 1.807) is 0 Å². The fraction of sp³-hybridized carbons (Fsp3) is 0.0526. The van der Waals surface area contributed by atoms with Crippen LogP contribution in [0.1, 0.15) is 40.8 Å². The van der Waals surface area contributed by atoms with Gasteiger partial charge >= 0.3 is 0 Å². The lowest BCUT2D eigenvalue weighted by Gasteiger charge is -2.33. The normalized spacial score (nSPS) is 13.7. The molecule has 12 rings (SSSR count). The summed E-state index contributed by atoms with van der Waals surface area (Å²) in [6.45, 7) is 1.84. The number of hydrogen-bond donors (Lipinski definition) is 1. The third kappa shape index (κ3) is 4.78. The maximum atomic E-state index is 10.9. The van der Waals surface area contributed by atoms with Crippen LogP contribution in [0.4, 0.5) is 17.1 Å². The average Bonchev–Trinajstić information content (AvgIpc) is 3.77. The van der Waals surface area contributed by atoms with Gasteiger partial charge in [0.2, 0.25) is 0 Å². The van der Waals surface area contributed by atoms with Gasteiger partial charge in [-0.15, -0.1) is 0 Å². The predicted octanol–water partition coefficient (Wildman–Crippen LogP) is 14.7. The van der Waals surface area contributed by atoms with Crippen LogP contribution in [-0.4, -0.2) is 5.11 Å². The fourth-order valence-electron chi connectivity index (χ4n) is 10.5. The summed E-state index contributed by atoms with van der Waals surface area (Å²) in [6.07, 6.45) is -0.611. The summed E-state index contributed by atoms with van der Waals surface area (Å²) in [5.41, 5.74) is 16.3. The summed E-state index contributed by atoms with van der Waals surface area (Å²) in [5.74, 6) is 0. The standard InChI is InChI=1S/C57H39NO/c1-36(59)40-17-12-18-42(34-40)58(41-31-28-39(29-32-41)44-25-13-16-37-14-2-4-19-43(37)44)54-35-53-56(49-24-7-6-23-48(49)54)55-45-20-5-3-15-38(45)30-33-52(55)57(53)50-26-10-8-21-46(50)47-22-9-11-27-51(47)57/h2-36,59H,1H3. The molecule has 0 amide bonds. The monoisotopic (exact) mass is 753 g/mol. The summed E-state index contributed by atoms with van der Waals surface area (Å²) >= 11 is 0. The Kier molecular flexibility index (Phi) is 7.39. The number of hydrogen-bond acceptors (Lipinski definition) is 2. The van der Waals surface area contributed by atoms with Crippen molar-refractivity contribution in [1.29, 1.82) is 0 Å². The third-order valence-corrected chi connectivity index (χ3v) is 13.0. The molecule has 1 spiro atoms. The smallest absolute Gasteiger partial charge is 0.0762 e. The number of aliphatic hydroxyl groups is 1. The molecule has 2 aliphatic carbocycles. The molecule has 0 aliphatic heterocycles. The second-order valence-electron chi connectivity index (χ2n) is 16.1. The summed E-state index contributed by atoms with van der Waals surface area (Å²) < 4.78 is 0. The second kappa shape index (κ2) is 12.9. The Hall–Kier alpha value is -7.26. The third-order valence-electron chi connectivity index (χ3n) is 13.0. The molecule has 0 heterocycles. The SMILES string of the molecule is CC(O)c1cccc(N(c2ccc(-c3cccc4ccccc34)cc2)c2cc3c(c4ccccc24)-c2c(ccc4ccccc24)C32c3ccccc3-c3ccccc32)c1. The van der Waals surface area contributed by atoms with Crippen molar-refractivity contribution in [3.63, 3.8) is 0 Å². The highest BCUT2D eigenvalue weighted by atomic mass is 16.3. The fourth-order valence-corrected chi connectivity index (χ4v) is 10.5. The van der Waals surface area contributed by atoms with Crippen LogP contribution in [0, 0.1) is 0 Å². The molecule has 0 bridgehead atoms. The highest BCUT2D eigenvalue weighted by Gasteiger charge is 2.52. The van der Waals surface area contributed by atoms with Gasteiger partial charge in [0.15, 0.2) is 0 Å². The number of anilines is 3. The van der Waals surface area contributed by atoms with Gasteiger partial charge in [0, 0.05) is 16.8 Å². The minimum Gasteiger partial charge on any atom is -0.389 e. The number of aliphatic hydroxyl groups excluding tert-OH is 1. The van der Waals surface area contributed by atoms with E-state index in [9.17, 15) is 5.11 Å². The molecular formula is C57H39NO. The van der Waals surface area contributed by atoms with Crippen molar-refractivity contribution < 1.29 is 5.11 Å². The van der Waals surface area contributed by atoms with Gasteiger partial charge in [-0.25, -0.2) is 0 Å². The summed E-state index contributed by atoms with van der Waals surface area (Å²) in [4.78, 5) is 2.41. The van der Waals surface area contributed by atoms with Gasteiger partial charge in [-0.2, -0.15) is 0 Å². The second-order valence-corrected chi connectivity index (χ2v) is 16.1. The molecule has 0 radical (unpaired) electrons. The first-order valence-corrected chi connectivity index (χ1v) is 20.6. The van der Waals surface area contributed by atoms with Crippen molar-refractivity contribution in [2.75, 3.05) is 4.90 Å². The van der Waals surface area contributed by atoms with Crippen LogP contribution in [0.5, 0.6) is 0 Å². The average molecular weight is 754 g/mol. The molecule has 0 fully saturated rings. The molecule has 2 nitrogen and oxygen atoms in total. The zero-order valence-electron chi connectivity index (χ0n) is 32.6. The van der Waals surface area contributed by atoms with E-state index in [1.807, 2.05) is 13.0 Å². The molecule has 59 heavy (non-hydrogen) atoms.